The normalized spacial score (nSPS) is 11.0. The van der Waals surface area contributed by atoms with Crippen molar-refractivity contribution in [3.63, 3.8) is 0 Å². The Morgan fingerprint density at radius 3 is 2.31 bits per heavy atom. The zero-order valence-corrected chi connectivity index (χ0v) is 12.5. The molecule has 90 valence electrons. The highest BCUT2D eigenvalue weighted by atomic mass is 79.9. The van der Waals surface area contributed by atoms with Crippen LogP contribution in [0.1, 0.15) is 19.4 Å². The first-order chi connectivity index (χ1) is 7.76. The third kappa shape index (κ3) is 5.37. The predicted octanol–water partition coefficient (Wildman–Crippen LogP) is 4.02. The second-order valence-corrected chi connectivity index (χ2v) is 5.73. The van der Waals surface area contributed by atoms with E-state index in [9.17, 15) is 0 Å². The molecule has 0 aliphatic rings. The Morgan fingerprint density at radius 2 is 1.75 bits per heavy atom. The van der Waals surface area contributed by atoms with Gasteiger partial charge in [0.15, 0.2) is 0 Å². The SMILES string of the molecule is CCN(CC)CCSCc1ccc(Br)cc1. The Bertz CT molecular complexity index is 282. The van der Waals surface area contributed by atoms with Crippen LogP contribution in [-0.4, -0.2) is 30.3 Å². The number of halogens is 1. The van der Waals surface area contributed by atoms with Gasteiger partial charge in [-0.15, -0.1) is 0 Å². The summed E-state index contributed by atoms with van der Waals surface area (Å²) >= 11 is 5.47. The first-order valence-corrected chi connectivity index (χ1v) is 7.75. The Balaban J connectivity index is 2.18. The molecular weight excluding hydrogens is 282 g/mol. The summed E-state index contributed by atoms with van der Waals surface area (Å²) in [4.78, 5) is 2.47. The second-order valence-electron chi connectivity index (χ2n) is 3.71. The van der Waals surface area contributed by atoms with Crippen LogP contribution in [-0.2, 0) is 5.75 Å². The molecule has 0 bridgehead atoms. The highest BCUT2D eigenvalue weighted by Gasteiger charge is 1.99. The summed E-state index contributed by atoms with van der Waals surface area (Å²) < 4.78 is 1.16. The maximum Gasteiger partial charge on any atom is 0.0185 e. The van der Waals surface area contributed by atoms with E-state index in [1.54, 1.807) is 0 Å². The Morgan fingerprint density at radius 1 is 1.12 bits per heavy atom. The van der Waals surface area contributed by atoms with E-state index in [2.05, 4.69) is 58.9 Å². The largest absolute Gasteiger partial charge is 0.303 e. The lowest BCUT2D eigenvalue weighted by Gasteiger charge is -2.17. The van der Waals surface area contributed by atoms with Gasteiger partial charge in [-0.3, -0.25) is 0 Å². The van der Waals surface area contributed by atoms with E-state index in [4.69, 9.17) is 0 Å². The van der Waals surface area contributed by atoms with Crippen molar-refractivity contribution in [3.05, 3.63) is 34.3 Å². The summed E-state index contributed by atoms with van der Waals surface area (Å²) in [6.45, 7) is 7.98. The maximum absolute atomic E-state index is 3.45. The third-order valence-corrected chi connectivity index (χ3v) is 4.17. The molecule has 0 aliphatic heterocycles. The van der Waals surface area contributed by atoms with Gasteiger partial charge >= 0.3 is 0 Å². The predicted molar refractivity (Wildman–Crippen MR) is 78.1 cm³/mol. The highest BCUT2D eigenvalue weighted by molar-refractivity contribution is 9.10. The van der Waals surface area contributed by atoms with Crippen molar-refractivity contribution in [2.75, 3.05) is 25.4 Å². The van der Waals surface area contributed by atoms with E-state index < -0.39 is 0 Å². The Kier molecular flexibility index (Phi) is 7.17. The average molecular weight is 302 g/mol. The fourth-order valence-corrected chi connectivity index (χ4v) is 2.73. The van der Waals surface area contributed by atoms with Gasteiger partial charge in [0.05, 0.1) is 0 Å². The molecule has 0 fully saturated rings. The molecule has 0 aromatic heterocycles. The van der Waals surface area contributed by atoms with E-state index in [0.717, 1.165) is 23.3 Å². The van der Waals surface area contributed by atoms with Crippen LogP contribution < -0.4 is 0 Å². The lowest BCUT2D eigenvalue weighted by Crippen LogP contribution is -2.25. The lowest BCUT2D eigenvalue weighted by molar-refractivity contribution is 0.324. The smallest absolute Gasteiger partial charge is 0.0185 e. The van der Waals surface area contributed by atoms with Gasteiger partial charge in [-0.1, -0.05) is 41.9 Å². The zero-order chi connectivity index (χ0) is 11.8. The monoisotopic (exact) mass is 301 g/mol. The van der Waals surface area contributed by atoms with Gasteiger partial charge in [0, 0.05) is 22.5 Å². The van der Waals surface area contributed by atoms with Gasteiger partial charge in [-0.2, -0.15) is 11.8 Å². The van der Waals surface area contributed by atoms with Gasteiger partial charge in [0.2, 0.25) is 0 Å². The third-order valence-electron chi connectivity index (χ3n) is 2.63. The van der Waals surface area contributed by atoms with Crippen molar-refractivity contribution in [2.24, 2.45) is 0 Å². The Labute approximate surface area is 112 Å². The van der Waals surface area contributed by atoms with Crippen molar-refractivity contribution in [2.45, 2.75) is 19.6 Å². The van der Waals surface area contributed by atoms with Gasteiger partial charge in [0.25, 0.3) is 0 Å². The van der Waals surface area contributed by atoms with Crippen LogP contribution in [0, 0.1) is 0 Å². The van der Waals surface area contributed by atoms with E-state index in [0.29, 0.717) is 0 Å². The molecule has 0 radical (unpaired) electrons. The molecule has 0 spiro atoms. The second kappa shape index (κ2) is 8.15. The molecule has 1 nitrogen and oxygen atoms in total. The summed E-state index contributed by atoms with van der Waals surface area (Å²) in [5, 5.41) is 0. The minimum Gasteiger partial charge on any atom is -0.303 e. The van der Waals surface area contributed by atoms with E-state index in [1.165, 1.54) is 17.9 Å². The van der Waals surface area contributed by atoms with Crippen LogP contribution in [0.25, 0.3) is 0 Å². The van der Waals surface area contributed by atoms with Gasteiger partial charge < -0.3 is 4.90 Å². The molecule has 1 aromatic carbocycles. The van der Waals surface area contributed by atoms with Crippen LogP contribution in [0.5, 0.6) is 0 Å². The first-order valence-electron chi connectivity index (χ1n) is 5.80. The van der Waals surface area contributed by atoms with E-state index >= 15 is 0 Å². The molecule has 0 amide bonds. The van der Waals surface area contributed by atoms with Crippen molar-refractivity contribution in [1.29, 1.82) is 0 Å². The standard InChI is InChI=1S/C13H20BrNS/c1-3-15(4-2)9-10-16-11-12-5-7-13(14)8-6-12/h5-8H,3-4,9-11H2,1-2H3. The molecule has 0 N–H and O–H groups in total. The minimum absolute atomic E-state index is 1.12. The van der Waals surface area contributed by atoms with Crippen LogP contribution in [0.15, 0.2) is 28.7 Å². The topological polar surface area (TPSA) is 3.24 Å². The Hall–Kier alpha value is 0.01000. The fraction of sp³-hybridized carbons (Fsp3) is 0.538. The number of hydrogen-bond donors (Lipinski definition) is 0. The minimum atomic E-state index is 1.12. The van der Waals surface area contributed by atoms with E-state index in [-0.39, 0.29) is 0 Å². The molecule has 3 heteroatoms. The van der Waals surface area contributed by atoms with Crippen LogP contribution in [0.2, 0.25) is 0 Å². The van der Waals surface area contributed by atoms with Crippen LogP contribution in [0.3, 0.4) is 0 Å². The first kappa shape index (κ1) is 14.1. The molecule has 0 atom stereocenters. The molecule has 0 heterocycles. The molecule has 0 unspecified atom stereocenters. The van der Waals surface area contributed by atoms with Crippen LogP contribution in [0.4, 0.5) is 0 Å². The highest BCUT2D eigenvalue weighted by Crippen LogP contribution is 2.15. The molecule has 0 aliphatic carbocycles. The van der Waals surface area contributed by atoms with Gasteiger partial charge in [-0.05, 0) is 30.8 Å². The number of hydrogen-bond acceptors (Lipinski definition) is 2. The molecule has 0 saturated heterocycles. The maximum atomic E-state index is 3.45. The molecule has 0 saturated carbocycles. The molecule has 1 rings (SSSR count). The summed E-state index contributed by atoms with van der Waals surface area (Å²) in [6.07, 6.45) is 0. The van der Waals surface area contributed by atoms with Crippen molar-refractivity contribution in [3.8, 4) is 0 Å². The summed E-state index contributed by atoms with van der Waals surface area (Å²) in [7, 11) is 0. The number of nitrogens with zero attached hydrogens (tertiary/aromatic N) is 1. The number of rotatable bonds is 7. The van der Waals surface area contributed by atoms with Crippen molar-refractivity contribution < 1.29 is 0 Å². The van der Waals surface area contributed by atoms with Crippen LogP contribution >= 0.6 is 27.7 Å². The lowest BCUT2D eigenvalue weighted by atomic mass is 10.2. The summed E-state index contributed by atoms with van der Waals surface area (Å²) in [5.41, 5.74) is 1.41. The van der Waals surface area contributed by atoms with Crippen molar-refractivity contribution >= 4 is 27.7 Å². The molecule has 16 heavy (non-hydrogen) atoms. The average Bonchev–Trinajstić information content (AvgIpc) is 2.32. The van der Waals surface area contributed by atoms with E-state index in [1.807, 2.05) is 11.8 Å². The molecule has 1 aromatic rings. The summed E-state index contributed by atoms with van der Waals surface area (Å²) in [5.74, 6) is 2.34. The zero-order valence-electron chi connectivity index (χ0n) is 10.1. The van der Waals surface area contributed by atoms with Crippen molar-refractivity contribution in [1.82, 2.24) is 4.90 Å². The number of benzene rings is 1. The molecular formula is C13H20BrNS. The van der Waals surface area contributed by atoms with Gasteiger partial charge in [-0.25, -0.2) is 0 Å². The fourth-order valence-electron chi connectivity index (χ4n) is 1.50. The number of thioether (sulfide) groups is 1. The summed E-state index contributed by atoms with van der Waals surface area (Å²) in [6, 6.07) is 8.60. The van der Waals surface area contributed by atoms with Gasteiger partial charge in [0.1, 0.15) is 0 Å². The quantitative estimate of drug-likeness (QED) is 0.700.